The normalized spacial score (nSPS) is 12.1. The minimum Gasteiger partial charge on any atom is -0.480 e. The Morgan fingerprint density at radius 2 is 1.64 bits per heavy atom. The van der Waals surface area contributed by atoms with Gasteiger partial charge in [0.15, 0.2) is 0 Å². The van der Waals surface area contributed by atoms with E-state index in [1.54, 1.807) is 0 Å². The summed E-state index contributed by atoms with van der Waals surface area (Å²) in [7, 11) is 0. The van der Waals surface area contributed by atoms with Gasteiger partial charge in [-0.2, -0.15) is 0 Å². The first-order valence-electron chi connectivity index (χ1n) is 8.75. The van der Waals surface area contributed by atoms with Gasteiger partial charge in [0.25, 0.3) is 0 Å². The first-order valence-corrected chi connectivity index (χ1v) is 10.0. The summed E-state index contributed by atoms with van der Waals surface area (Å²) >= 11 is 7.34. The maximum atomic E-state index is 11.5. The second-order valence-electron chi connectivity index (χ2n) is 6.34. The first kappa shape index (κ1) is 19.9. The van der Waals surface area contributed by atoms with Crippen molar-refractivity contribution in [3.8, 4) is 0 Å². The highest BCUT2D eigenvalue weighted by molar-refractivity contribution is 8.00. The second-order valence-corrected chi connectivity index (χ2v) is 8.05. The van der Waals surface area contributed by atoms with Crippen molar-refractivity contribution >= 4 is 29.3 Å². The molecule has 25 heavy (non-hydrogen) atoms. The third-order valence-corrected chi connectivity index (χ3v) is 5.69. The minimum atomic E-state index is -0.716. The van der Waals surface area contributed by atoms with Gasteiger partial charge in [-0.15, -0.1) is 11.8 Å². The maximum Gasteiger partial charge on any atom is 0.316 e. The fourth-order valence-electron chi connectivity index (χ4n) is 2.68. The summed E-state index contributed by atoms with van der Waals surface area (Å²) in [6, 6.07) is 16.1. The number of thioether (sulfide) groups is 1. The van der Waals surface area contributed by atoms with Crippen LogP contribution in [0, 0.1) is 6.92 Å². The number of hydrogen-bond donors (Lipinski definition) is 1. The SMILES string of the molecule is Cc1ccc(SC(CCCCCCc2ccc(Cl)cc2)C(=O)O)cc1. The predicted octanol–water partition coefficient (Wildman–Crippen LogP) is 6.39. The van der Waals surface area contributed by atoms with Gasteiger partial charge in [0.05, 0.1) is 0 Å². The van der Waals surface area contributed by atoms with Crippen molar-refractivity contribution in [1.82, 2.24) is 0 Å². The number of hydrogen-bond acceptors (Lipinski definition) is 2. The van der Waals surface area contributed by atoms with E-state index in [1.165, 1.54) is 22.9 Å². The van der Waals surface area contributed by atoms with Gasteiger partial charge >= 0.3 is 5.97 Å². The number of unbranched alkanes of at least 4 members (excludes halogenated alkanes) is 3. The lowest BCUT2D eigenvalue weighted by molar-refractivity contribution is -0.136. The van der Waals surface area contributed by atoms with Crippen LogP contribution in [0.4, 0.5) is 0 Å². The standard InChI is InChI=1S/C21H25ClO2S/c1-16-8-14-19(15-9-16)25-20(21(23)24)7-5-3-2-4-6-17-10-12-18(22)13-11-17/h8-15,20H,2-7H2,1H3,(H,23,24). The Kier molecular flexibility index (Phi) is 8.36. The van der Waals surface area contributed by atoms with E-state index in [1.807, 2.05) is 43.3 Å². The van der Waals surface area contributed by atoms with Gasteiger partial charge in [0.1, 0.15) is 5.25 Å². The van der Waals surface area contributed by atoms with Crippen molar-refractivity contribution < 1.29 is 9.90 Å². The largest absolute Gasteiger partial charge is 0.480 e. The summed E-state index contributed by atoms with van der Waals surface area (Å²) in [5.41, 5.74) is 2.50. The molecule has 0 aliphatic heterocycles. The van der Waals surface area contributed by atoms with E-state index in [2.05, 4.69) is 12.1 Å². The summed E-state index contributed by atoms with van der Waals surface area (Å²) in [5.74, 6) is -0.716. The molecule has 0 aromatic heterocycles. The molecule has 2 nitrogen and oxygen atoms in total. The number of aliphatic carboxylic acids is 1. The molecule has 0 radical (unpaired) electrons. The number of aryl methyl sites for hydroxylation is 2. The lowest BCUT2D eigenvalue weighted by Gasteiger charge is -2.12. The van der Waals surface area contributed by atoms with Crippen molar-refractivity contribution in [2.75, 3.05) is 0 Å². The molecule has 134 valence electrons. The molecule has 0 amide bonds. The molecule has 0 aliphatic carbocycles. The second kappa shape index (κ2) is 10.5. The molecular formula is C21H25ClO2S. The van der Waals surface area contributed by atoms with E-state index in [4.69, 9.17) is 11.6 Å². The molecule has 2 aromatic rings. The number of carboxylic acids is 1. The fraction of sp³-hybridized carbons (Fsp3) is 0.381. The molecule has 0 fully saturated rings. The summed E-state index contributed by atoms with van der Waals surface area (Å²) in [6.07, 6.45) is 6.06. The highest BCUT2D eigenvalue weighted by Crippen LogP contribution is 2.27. The third kappa shape index (κ3) is 7.54. The number of carboxylic acid groups (broad SMARTS) is 1. The molecule has 0 spiro atoms. The zero-order valence-electron chi connectivity index (χ0n) is 14.6. The van der Waals surface area contributed by atoms with Crippen LogP contribution in [0.2, 0.25) is 5.02 Å². The summed E-state index contributed by atoms with van der Waals surface area (Å²) in [5, 5.41) is 9.84. The first-order chi connectivity index (χ1) is 12.0. The van der Waals surface area contributed by atoms with Gasteiger partial charge < -0.3 is 5.11 Å². The molecule has 0 saturated carbocycles. The van der Waals surface area contributed by atoms with Crippen LogP contribution >= 0.6 is 23.4 Å². The van der Waals surface area contributed by atoms with Gasteiger partial charge in [-0.1, -0.05) is 60.7 Å². The zero-order chi connectivity index (χ0) is 18.1. The molecule has 2 aromatic carbocycles. The fourth-order valence-corrected chi connectivity index (χ4v) is 3.81. The summed E-state index contributed by atoms with van der Waals surface area (Å²) < 4.78 is 0. The van der Waals surface area contributed by atoms with Crippen molar-refractivity contribution in [2.45, 2.75) is 55.6 Å². The predicted molar refractivity (Wildman–Crippen MR) is 107 cm³/mol. The monoisotopic (exact) mass is 376 g/mol. The lowest BCUT2D eigenvalue weighted by Crippen LogP contribution is -2.16. The Morgan fingerprint density at radius 1 is 1.00 bits per heavy atom. The summed E-state index contributed by atoms with van der Waals surface area (Å²) in [4.78, 5) is 12.5. The Bertz CT molecular complexity index is 653. The molecule has 4 heteroatoms. The smallest absolute Gasteiger partial charge is 0.316 e. The van der Waals surface area contributed by atoms with Crippen LogP contribution in [-0.4, -0.2) is 16.3 Å². The quantitative estimate of drug-likeness (QED) is 0.385. The Morgan fingerprint density at radius 3 is 2.28 bits per heavy atom. The van der Waals surface area contributed by atoms with E-state index in [9.17, 15) is 9.90 Å². The zero-order valence-corrected chi connectivity index (χ0v) is 16.2. The average Bonchev–Trinajstić information content (AvgIpc) is 2.60. The van der Waals surface area contributed by atoms with Crippen LogP contribution in [0.5, 0.6) is 0 Å². The number of halogens is 1. The van der Waals surface area contributed by atoms with Gasteiger partial charge in [0.2, 0.25) is 0 Å². The molecule has 0 bridgehead atoms. The molecule has 0 aliphatic rings. The molecule has 0 saturated heterocycles. The van der Waals surface area contributed by atoms with E-state index in [-0.39, 0.29) is 5.25 Å². The minimum absolute atomic E-state index is 0.362. The average molecular weight is 377 g/mol. The molecule has 0 heterocycles. The lowest BCUT2D eigenvalue weighted by atomic mass is 10.0. The van der Waals surface area contributed by atoms with Crippen LogP contribution in [0.25, 0.3) is 0 Å². The van der Waals surface area contributed by atoms with Crippen LogP contribution in [0.15, 0.2) is 53.4 Å². The van der Waals surface area contributed by atoms with Crippen molar-refractivity contribution in [3.63, 3.8) is 0 Å². The molecule has 2 rings (SSSR count). The number of carbonyl (C=O) groups is 1. The topological polar surface area (TPSA) is 37.3 Å². The third-order valence-electron chi connectivity index (χ3n) is 4.17. The molecule has 1 unspecified atom stereocenters. The van der Waals surface area contributed by atoms with Gasteiger partial charge in [0, 0.05) is 9.92 Å². The maximum absolute atomic E-state index is 11.5. The number of rotatable bonds is 10. The molecule has 1 atom stereocenters. The van der Waals surface area contributed by atoms with Gasteiger partial charge in [-0.3, -0.25) is 4.79 Å². The van der Waals surface area contributed by atoms with E-state index >= 15 is 0 Å². The highest BCUT2D eigenvalue weighted by atomic mass is 35.5. The molecule has 1 N–H and O–H groups in total. The molecular weight excluding hydrogens is 352 g/mol. The Balaban J connectivity index is 1.66. The van der Waals surface area contributed by atoms with E-state index in [0.29, 0.717) is 0 Å². The van der Waals surface area contributed by atoms with Crippen LogP contribution < -0.4 is 0 Å². The van der Waals surface area contributed by atoms with Crippen LogP contribution in [0.1, 0.15) is 43.2 Å². The van der Waals surface area contributed by atoms with Crippen LogP contribution in [0.3, 0.4) is 0 Å². The van der Waals surface area contributed by atoms with Crippen LogP contribution in [-0.2, 0) is 11.2 Å². The van der Waals surface area contributed by atoms with Gasteiger partial charge in [-0.05, 0) is 56.0 Å². The highest BCUT2D eigenvalue weighted by Gasteiger charge is 2.18. The Labute approximate surface area is 159 Å². The van der Waals surface area contributed by atoms with Crippen molar-refractivity contribution in [2.24, 2.45) is 0 Å². The number of benzene rings is 2. The van der Waals surface area contributed by atoms with Crippen molar-refractivity contribution in [3.05, 3.63) is 64.7 Å². The summed E-state index contributed by atoms with van der Waals surface area (Å²) in [6.45, 7) is 2.03. The Hall–Kier alpha value is -1.45. The van der Waals surface area contributed by atoms with Crippen molar-refractivity contribution in [1.29, 1.82) is 0 Å². The van der Waals surface area contributed by atoms with E-state index < -0.39 is 5.97 Å². The van der Waals surface area contributed by atoms with E-state index in [0.717, 1.165) is 48.4 Å². The van der Waals surface area contributed by atoms with Gasteiger partial charge in [-0.25, -0.2) is 0 Å².